The Morgan fingerprint density at radius 2 is 2.21 bits per heavy atom. The van der Waals surface area contributed by atoms with Crippen LogP contribution < -0.4 is 5.32 Å². The number of oxazole rings is 1. The average Bonchev–Trinajstić information content (AvgIpc) is 2.75. The maximum Gasteiger partial charge on any atom is 0.216 e. The second-order valence-electron chi connectivity index (χ2n) is 4.42. The van der Waals surface area contributed by atoms with Gasteiger partial charge in [-0.1, -0.05) is 6.92 Å². The standard InChI is InChI=1S/C13H17BrN4O/c1-4-5-11-17-10(14)6-12(18-11)16-9(3)13-15-7-8(2)19-13/h6-7,9H,4-5H2,1-3H3,(H,16,17,18). The van der Waals surface area contributed by atoms with E-state index >= 15 is 0 Å². The van der Waals surface area contributed by atoms with Crippen molar-refractivity contribution >= 4 is 21.7 Å². The SMILES string of the molecule is CCCc1nc(Br)cc(NC(C)c2ncc(C)o2)n1. The minimum atomic E-state index is -0.0371. The van der Waals surface area contributed by atoms with Gasteiger partial charge in [-0.3, -0.25) is 0 Å². The quantitative estimate of drug-likeness (QED) is 0.850. The van der Waals surface area contributed by atoms with Crippen LogP contribution in [0.25, 0.3) is 0 Å². The monoisotopic (exact) mass is 324 g/mol. The molecule has 2 rings (SSSR count). The highest BCUT2D eigenvalue weighted by atomic mass is 79.9. The molecule has 0 aliphatic rings. The Labute approximate surface area is 121 Å². The molecule has 0 fully saturated rings. The minimum Gasteiger partial charge on any atom is -0.444 e. The first-order chi connectivity index (χ1) is 9.08. The van der Waals surface area contributed by atoms with E-state index in [1.807, 2.05) is 19.9 Å². The Hall–Kier alpha value is -1.43. The minimum absolute atomic E-state index is 0.0371. The van der Waals surface area contributed by atoms with E-state index in [-0.39, 0.29) is 6.04 Å². The summed E-state index contributed by atoms with van der Waals surface area (Å²) >= 11 is 3.40. The van der Waals surface area contributed by atoms with Crippen LogP contribution in [0, 0.1) is 6.92 Å². The topological polar surface area (TPSA) is 63.8 Å². The van der Waals surface area contributed by atoms with Crippen LogP contribution >= 0.6 is 15.9 Å². The first-order valence-electron chi connectivity index (χ1n) is 6.30. The van der Waals surface area contributed by atoms with Gasteiger partial charge in [0.05, 0.1) is 6.20 Å². The molecule has 1 N–H and O–H groups in total. The van der Waals surface area contributed by atoms with Crippen molar-refractivity contribution in [1.29, 1.82) is 0 Å². The Morgan fingerprint density at radius 1 is 1.42 bits per heavy atom. The van der Waals surface area contributed by atoms with E-state index in [4.69, 9.17) is 4.42 Å². The maximum atomic E-state index is 5.50. The van der Waals surface area contributed by atoms with Crippen molar-refractivity contribution in [1.82, 2.24) is 15.0 Å². The van der Waals surface area contributed by atoms with Crippen LogP contribution in [-0.2, 0) is 6.42 Å². The highest BCUT2D eigenvalue weighted by molar-refractivity contribution is 9.10. The van der Waals surface area contributed by atoms with Crippen molar-refractivity contribution < 1.29 is 4.42 Å². The third-order valence-electron chi connectivity index (χ3n) is 2.59. The molecule has 0 aromatic carbocycles. The Bertz CT molecular complexity index is 555. The number of anilines is 1. The summed E-state index contributed by atoms with van der Waals surface area (Å²) in [6.07, 6.45) is 3.59. The Morgan fingerprint density at radius 3 is 2.84 bits per heavy atom. The fourth-order valence-electron chi connectivity index (χ4n) is 1.73. The normalized spacial score (nSPS) is 12.4. The van der Waals surface area contributed by atoms with Crippen LogP contribution in [0.15, 0.2) is 21.3 Å². The predicted molar refractivity (Wildman–Crippen MR) is 77.0 cm³/mol. The van der Waals surface area contributed by atoms with Crippen LogP contribution in [0.5, 0.6) is 0 Å². The number of rotatable bonds is 5. The molecule has 5 nitrogen and oxygen atoms in total. The molecule has 2 aromatic heterocycles. The number of hydrogen-bond acceptors (Lipinski definition) is 5. The first kappa shape index (κ1) is 14.0. The molecule has 1 atom stereocenters. The van der Waals surface area contributed by atoms with Gasteiger partial charge in [-0.25, -0.2) is 15.0 Å². The summed E-state index contributed by atoms with van der Waals surface area (Å²) < 4.78 is 6.28. The van der Waals surface area contributed by atoms with Crippen molar-refractivity contribution in [2.24, 2.45) is 0 Å². The van der Waals surface area contributed by atoms with Gasteiger partial charge < -0.3 is 9.73 Å². The highest BCUT2D eigenvalue weighted by Gasteiger charge is 2.12. The average molecular weight is 325 g/mol. The van der Waals surface area contributed by atoms with Crippen LogP contribution in [0.2, 0.25) is 0 Å². The van der Waals surface area contributed by atoms with E-state index < -0.39 is 0 Å². The molecule has 6 heteroatoms. The number of nitrogens with zero attached hydrogens (tertiary/aromatic N) is 3. The van der Waals surface area contributed by atoms with Gasteiger partial charge in [0.15, 0.2) is 0 Å². The van der Waals surface area contributed by atoms with Gasteiger partial charge in [0.25, 0.3) is 0 Å². The summed E-state index contributed by atoms with van der Waals surface area (Å²) in [6, 6.07) is 1.82. The van der Waals surface area contributed by atoms with Crippen molar-refractivity contribution in [3.05, 3.63) is 34.3 Å². The van der Waals surface area contributed by atoms with Crippen molar-refractivity contribution in [3.8, 4) is 0 Å². The lowest BCUT2D eigenvalue weighted by Crippen LogP contribution is -2.10. The molecule has 2 heterocycles. The molecular formula is C13H17BrN4O. The van der Waals surface area contributed by atoms with Crippen LogP contribution in [0.3, 0.4) is 0 Å². The van der Waals surface area contributed by atoms with Gasteiger partial charge in [0.1, 0.15) is 28.0 Å². The van der Waals surface area contributed by atoms with Gasteiger partial charge in [-0.2, -0.15) is 0 Å². The fraction of sp³-hybridized carbons (Fsp3) is 0.462. The zero-order valence-corrected chi connectivity index (χ0v) is 12.9. The Kier molecular flexibility index (Phi) is 4.52. The summed E-state index contributed by atoms with van der Waals surface area (Å²) in [5.74, 6) is 3.06. The molecule has 0 saturated heterocycles. The van der Waals surface area contributed by atoms with Crippen LogP contribution in [-0.4, -0.2) is 15.0 Å². The van der Waals surface area contributed by atoms with E-state index in [0.29, 0.717) is 5.89 Å². The van der Waals surface area contributed by atoms with Gasteiger partial charge in [0, 0.05) is 12.5 Å². The number of nitrogens with one attached hydrogen (secondary N) is 1. The van der Waals surface area contributed by atoms with Crippen LogP contribution in [0.4, 0.5) is 5.82 Å². The summed E-state index contributed by atoms with van der Waals surface area (Å²) in [5, 5.41) is 3.27. The largest absolute Gasteiger partial charge is 0.444 e. The lowest BCUT2D eigenvalue weighted by molar-refractivity contribution is 0.453. The molecule has 0 bridgehead atoms. The van der Waals surface area contributed by atoms with E-state index in [2.05, 4.69) is 43.1 Å². The second-order valence-corrected chi connectivity index (χ2v) is 5.23. The van der Waals surface area contributed by atoms with Crippen molar-refractivity contribution in [2.45, 2.75) is 39.7 Å². The molecule has 19 heavy (non-hydrogen) atoms. The van der Waals surface area contributed by atoms with Gasteiger partial charge in [-0.05, 0) is 36.2 Å². The van der Waals surface area contributed by atoms with E-state index in [1.54, 1.807) is 6.20 Å². The molecule has 0 aliphatic carbocycles. The zero-order chi connectivity index (χ0) is 13.8. The molecule has 0 amide bonds. The molecule has 102 valence electrons. The number of aryl methyl sites for hydroxylation is 2. The fourth-order valence-corrected chi connectivity index (χ4v) is 2.15. The summed E-state index contributed by atoms with van der Waals surface area (Å²) in [7, 11) is 0. The summed E-state index contributed by atoms with van der Waals surface area (Å²) in [5.41, 5.74) is 0. The van der Waals surface area contributed by atoms with E-state index in [9.17, 15) is 0 Å². The van der Waals surface area contributed by atoms with Gasteiger partial charge in [-0.15, -0.1) is 0 Å². The maximum absolute atomic E-state index is 5.50. The number of aromatic nitrogens is 3. The molecule has 0 radical (unpaired) electrons. The summed E-state index contributed by atoms with van der Waals surface area (Å²) in [4.78, 5) is 13.0. The van der Waals surface area contributed by atoms with E-state index in [1.165, 1.54) is 0 Å². The second kappa shape index (κ2) is 6.14. The smallest absolute Gasteiger partial charge is 0.216 e. The third-order valence-corrected chi connectivity index (χ3v) is 3.00. The van der Waals surface area contributed by atoms with E-state index in [0.717, 1.165) is 34.8 Å². The number of halogens is 1. The lowest BCUT2D eigenvalue weighted by Gasteiger charge is -2.12. The number of hydrogen-bond donors (Lipinski definition) is 1. The third kappa shape index (κ3) is 3.76. The predicted octanol–water partition coefficient (Wildman–Crippen LogP) is 3.66. The molecule has 0 aliphatic heterocycles. The van der Waals surface area contributed by atoms with Gasteiger partial charge >= 0.3 is 0 Å². The molecule has 2 aromatic rings. The zero-order valence-electron chi connectivity index (χ0n) is 11.3. The van der Waals surface area contributed by atoms with Crippen molar-refractivity contribution in [2.75, 3.05) is 5.32 Å². The molecule has 1 unspecified atom stereocenters. The molecule has 0 saturated carbocycles. The van der Waals surface area contributed by atoms with Crippen molar-refractivity contribution in [3.63, 3.8) is 0 Å². The van der Waals surface area contributed by atoms with Crippen LogP contribution in [0.1, 0.15) is 43.8 Å². The first-order valence-corrected chi connectivity index (χ1v) is 7.10. The lowest BCUT2D eigenvalue weighted by atomic mass is 10.3. The Balaban J connectivity index is 2.14. The summed E-state index contributed by atoms with van der Waals surface area (Å²) in [6.45, 7) is 5.97. The highest BCUT2D eigenvalue weighted by Crippen LogP contribution is 2.20. The molecule has 0 spiro atoms. The molecular weight excluding hydrogens is 308 g/mol. The van der Waals surface area contributed by atoms with Gasteiger partial charge in [0.2, 0.25) is 5.89 Å².